The highest BCUT2D eigenvalue weighted by Crippen LogP contribution is 2.22. The van der Waals surface area contributed by atoms with Crippen LogP contribution in [-0.2, 0) is 4.74 Å². The molecule has 1 aromatic heterocycles. The lowest BCUT2D eigenvalue weighted by molar-refractivity contribution is -0.0117. The summed E-state index contributed by atoms with van der Waals surface area (Å²) in [6.45, 7) is 1.86. The molecule has 0 bridgehead atoms. The molecule has 4 nitrogen and oxygen atoms in total. The molecular weight excluding hydrogens is 266 g/mol. The van der Waals surface area contributed by atoms with Crippen LogP contribution in [0.15, 0.2) is 0 Å². The van der Waals surface area contributed by atoms with Crippen molar-refractivity contribution in [2.24, 2.45) is 0 Å². The van der Waals surface area contributed by atoms with E-state index < -0.39 is 29.2 Å². The molecule has 106 valence electrons. The topological polar surface area (TPSA) is 37.4 Å². The maximum absolute atomic E-state index is 13.3. The second-order valence-corrected chi connectivity index (χ2v) is 4.33. The lowest BCUT2D eigenvalue weighted by atomic mass is 10.2. The van der Waals surface area contributed by atoms with E-state index in [-0.39, 0.29) is 12.6 Å². The Morgan fingerprint density at radius 3 is 2.47 bits per heavy atom. The minimum atomic E-state index is -1.68. The zero-order valence-electron chi connectivity index (χ0n) is 10.2. The summed E-state index contributed by atoms with van der Waals surface area (Å²) in [5, 5.41) is 2.33. The molecule has 0 aliphatic carbocycles. The van der Waals surface area contributed by atoms with Crippen molar-refractivity contribution in [2.75, 3.05) is 38.6 Å². The van der Waals surface area contributed by atoms with E-state index in [0.29, 0.717) is 13.2 Å². The number of hydrogen-bond donors (Lipinski definition) is 1. The van der Waals surface area contributed by atoms with Crippen molar-refractivity contribution in [2.45, 2.75) is 6.10 Å². The molecule has 1 aliphatic heterocycles. The fourth-order valence-electron chi connectivity index (χ4n) is 1.85. The van der Waals surface area contributed by atoms with Gasteiger partial charge in [0.05, 0.1) is 12.7 Å². The maximum Gasteiger partial charge on any atom is 0.253 e. The Hall–Kier alpha value is -1.41. The van der Waals surface area contributed by atoms with Gasteiger partial charge in [0.25, 0.3) is 11.9 Å². The average molecular weight is 279 g/mol. The molecule has 1 atom stereocenters. The molecule has 0 radical (unpaired) electrons. The summed E-state index contributed by atoms with van der Waals surface area (Å²) in [5.41, 5.74) is -0.859. The Kier molecular flexibility index (Phi) is 4.20. The number of ether oxygens (including phenoxy) is 1. The Bertz CT molecular complexity index is 445. The number of halogens is 4. The van der Waals surface area contributed by atoms with Crippen LogP contribution >= 0.6 is 0 Å². The second kappa shape index (κ2) is 5.70. The van der Waals surface area contributed by atoms with E-state index in [4.69, 9.17) is 4.74 Å². The number of likely N-dealkylation sites (N-methyl/N-ethyl adjacent to an activating group) is 1. The third-order valence-corrected chi connectivity index (χ3v) is 2.85. The van der Waals surface area contributed by atoms with Gasteiger partial charge in [0.1, 0.15) is 5.69 Å². The number of rotatable bonds is 3. The van der Waals surface area contributed by atoms with Gasteiger partial charge in [0, 0.05) is 19.6 Å². The van der Waals surface area contributed by atoms with Crippen molar-refractivity contribution in [1.29, 1.82) is 0 Å². The van der Waals surface area contributed by atoms with Crippen LogP contribution in [0.2, 0.25) is 0 Å². The number of nitrogens with one attached hydrogen (secondary N) is 1. The molecule has 2 rings (SSSR count). The van der Waals surface area contributed by atoms with Crippen LogP contribution in [0.1, 0.15) is 0 Å². The van der Waals surface area contributed by atoms with Gasteiger partial charge < -0.3 is 15.0 Å². The number of aromatic nitrogens is 1. The first-order chi connectivity index (χ1) is 8.99. The van der Waals surface area contributed by atoms with Gasteiger partial charge in [0.2, 0.25) is 11.6 Å². The van der Waals surface area contributed by atoms with Crippen molar-refractivity contribution >= 4 is 5.69 Å². The lowest BCUT2D eigenvalue weighted by Crippen LogP contribution is -2.43. The minimum Gasteiger partial charge on any atom is -0.377 e. The summed E-state index contributed by atoms with van der Waals surface area (Å²) in [4.78, 5) is 4.46. The van der Waals surface area contributed by atoms with E-state index in [1.54, 1.807) is 0 Å². The average Bonchev–Trinajstić information content (AvgIpc) is 2.36. The molecule has 0 aromatic carbocycles. The second-order valence-electron chi connectivity index (χ2n) is 4.33. The molecule has 0 amide bonds. The predicted octanol–water partition coefficient (Wildman–Crippen LogP) is 1.38. The molecule has 8 heteroatoms. The SMILES string of the molecule is CN1CCOC(CNc2c(F)c(F)nc(F)c2F)C1. The Morgan fingerprint density at radius 1 is 1.26 bits per heavy atom. The molecule has 1 unspecified atom stereocenters. The number of morpholine rings is 1. The van der Waals surface area contributed by atoms with E-state index in [2.05, 4.69) is 10.3 Å². The van der Waals surface area contributed by atoms with Crippen LogP contribution in [0, 0.1) is 23.5 Å². The first-order valence-electron chi connectivity index (χ1n) is 5.73. The minimum absolute atomic E-state index is 0.0427. The van der Waals surface area contributed by atoms with E-state index in [1.807, 2.05) is 11.9 Å². The van der Waals surface area contributed by atoms with E-state index >= 15 is 0 Å². The highest BCUT2D eigenvalue weighted by molar-refractivity contribution is 5.45. The lowest BCUT2D eigenvalue weighted by Gasteiger charge is -2.30. The first kappa shape index (κ1) is 14.0. The molecule has 1 saturated heterocycles. The zero-order chi connectivity index (χ0) is 14.0. The van der Waals surface area contributed by atoms with Crippen LogP contribution in [0.4, 0.5) is 23.2 Å². The maximum atomic E-state index is 13.3. The van der Waals surface area contributed by atoms with Crippen molar-refractivity contribution in [3.63, 3.8) is 0 Å². The Labute approximate surface area is 107 Å². The van der Waals surface area contributed by atoms with Crippen LogP contribution in [0.5, 0.6) is 0 Å². The first-order valence-corrected chi connectivity index (χ1v) is 5.73. The summed E-state index contributed by atoms with van der Waals surface area (Å²) in [6, 6.07) is 0. The van der Waals surface area contributed by atoms with E-state index in [9.17, 15) is 17.6 Å². The zero-order valence-corrected chi connectivity index (χ0v) is 10.2. The standard InChI is InChI=1S/C11H13F4N3O/c1-18-2-3-19-6(5-18)4-16-9-7(12)10(14)17-11(15)8(9)13/h6H,2-5H2,1H3,(H,16,17). The summed E-state index contributed by atoms with van der Waals surface area (Å²) < 4.78 is 57.7. The van der Waals surface area contributed by atoms with Gasteiger partial charge in [-0.15, -0.1) is 0 Å². The van der Waals surface area contributed by atoms with Gasteiger partial charge in [-0.05, 0) is 7.05 Å². The highest BCUT2D eigenvalue weighted by atomic mass is 19.2. The monoisotopic (exact) mass is 279 g/mol. The van der Waals surface area contributed by atoms with E-state index in [1.165, 1.54) is 0 Å². The molecule has 19 heavy (non-hydrogen) atoms. The van der Waals surface area contributed by atoms with Gasteiger partial charge in [-0.2, -0.15) is 22.5 Å². The summed E-state index contributed by atoms with van der Waals surface area (Å²) in [6.07, 6.45) is -0.308. The summed E-state index contributed by atoms with van der Waals surface area (Å²) >= 11 is 0. The highest BCUT2D eigenvalue weighted by Gasteiger charge is 2.23. The van der Waals surface area contributed by atoms with Gasteiger partial charge in [-0.3, -0.25) is 0 Å². The number of pyridine rings is 1. The molecule has 0 saturated carbocycles. The van der Waals surface area contributed by atoms with E-state index in [0.717, 1.165) is 6.54 Å². The Morgan fingerprint density at radius 2 is 1.89 bits per heavy atom. The normalized spacial score (nSPS) is 20.6. The van der Waals surface area contributed by atoms with Gasteiger partial charge in [-0.25, -0.2) is 0 Å². The molecular formula is C11H13F4N3O. The third kappa shape index (κ3) is 3.13. The summed E-state index contributed by atoms with van der Waals surface area (Å²) in [5.74, 6) is -6.43. The third-order valence-electron chi connectivity index (χ3n) is 2.85. The van der Waals surface area contributed by atoms with Crippen molar-refractivity contribution in [1.82, 2.24) is 9.88 Å². The number of nitrogens with zero attached hydrogens (tertiary/aromatic N) is 2. The van der Waals surface area contributed by atoms with Crippen molar-refractivity contribution in [3.05, 3.63) is 23.5 Å². The molecule has 1 fully saturated rings. The molecule has 2 heterocycles. The summed E-state index contributed by atoms with van der Waals surface area (Å²) in [7, 11) is 1.88. The molecule has 0 spiro atoms. The largest absolute Gasteiger partial charge is 0.377 e. The predicted molar refractivity (Wildman–Crippen MR) is 59.8 cm³/mol. The van der Waals surface area contributed by atoms with Crippen LogP contribution in [-0.4, -0.2) is 49.3 Å². The Balaban J connectivity index is 2.07. The van der Waals surface area contributed by atoms with Crippen LogP contribution in [0.3, 0.4) is 0 Å². The fourth-order valence-corrected chi connectivity index (χ4v) is 1.85. The van der Waals surface area contributed by atoms with Gasteiger partial charge >= 0.3 is 0 Å². The van der Waals surface area contributed by atoms with Crippen molar-refractivity contribution in [3.8, 4) is 0 Å². The fraction of sp³-hybridized carbons (Fsp3) is 0.545. The van der Waals surface area contributed by atoms with Gasteiger partial charge in [0.15, 0.2) is 0 Å². The molecule has 1 aliphatic rings. The van der Waals surface area contributed by atoms with Crippen LogP contribution in [0.25, 0.3) is 0 Å². The number of anilines is 1. The van der Waals surface area contributed by atoms with Gasteiger partial charge in [-0.1, -0.05) is 0 Å². The molecule has 1 N–H and O–H groups in total. The molecule has 1 aromatic rings. The number of hydrogen-bond acceptors (Lipinski definition) is 4. The van der Waals surface area contributed by atoms with Crippen LogP contribution < -0.4 is 5.32 Å². The smallest absolute Gasteiger partial charge is 0.253 e. The van der Waals surface area contributed by atoms with Crippen molar-refractivity contribution < 1.29 is 22.3 Å². The quantitative estimate of drug-likeness (QED) is 0.670.